The van der Waals surface area contributed by atoms with E-state index in [-0.39, 0.29) is 0 Å². The van der Waals surface area contributed by atoms with Gasteiger partial charge in [0.2, 0.25) is 0 Å². The lowest BCUT2D eigenvalue weighted by Crippen LogP contribution is -2.33. The third kappa shape index (κ3) is 8.83. The van der Waals surface area contributed by atoms with Gasteiger partial charge in [0.25, 0.3) is 0 Å². The number of allylic oxidation sites excluding steroid dienone is 4. The summed E-state index contributed by atoms with van der Waals surface area (Å²) in [6.07, 6.45) is 13.1. The number of likely N-dealkylation sites (N-methyl/N-ethyl adjacent to an activating group) is 1. The number of hydrogen-bond acceptors (Lipinski definition) is 3. The lowest BCUT2D eigenvalue weighted by atomic mass is 10.2. The summed E-state index contributed by atoms with van der Waals surface area (Å²) in [6, 6.07) is 0. The number of nitrogens with one attached hydrogen (secondary N) is 1. The van der Waals surface area contributed by atoms with E-state index < -0.39 is 0 Å². The molecule has 0 heterocycles. The molecule has 0 fully saturated rings. The normalized spacial score (nSPS) is 14.8. The van der Waals surface area contributed by atoms with Crippen LogP contribution in [0.1, 0.15) is 46.0 Å². The lowest BCUT2D eigenvalue weighted by molar-refractivity contribution is 0.283. The first-order chi connectivity index (χ1) is 9.86. The van der Waals surface area contributed by atoms with Gasteiger partial charge in [0, 0.05) is 13.1 Å². The fraction of sp³-hybridized carbons (Fsp3) is 0.765. The van der Waals surface area contributed by atoms with E-state index >= 15 is 0 Å². The summed E-state index contributed by atoms with van der Waals surface area (Å²) in [4.78, 5) is 4.11. The summed E-state index contributed by atoms with van der Waals surface area (Å²) in [5.74, 6) is 1.25. The minimum Gasteiger partial charge on any atom is -0.315 e. The van der Waals surface area contributed by atoms with Crippen LogP contribution in [-0.4, -0.2) is 43.4 Å². The smallest absolute Gasteiger partial charge is 0.0107 e. The van der Waals surface area contributed by atoms with E-state index in [1.807, 2.05) is 11.8 Å². The lowest BCUT2D eigenvalue weighted by Gasteiger charge is -2.20. The molecule has 3 heteroatoms. The topological polar surface area (TPSA) is 15.3 Å². The Labute approximate surface area is 130 Å². The zero-order valence-corrected chi connectivity index (χ0v) is 14.2. The minimum absolute atomic E-state index is 1.13. The molecule has 0 spiro atoms. The van der Waals surface area contributed by atoms with Crippen LogP contribution < -0.4 is 5.32 Å². The van der Waals surface area contributed by atoms with E-state index in [1.54, 1.807) is 4.91 Å². The molecule has 0 radical (unpaired) electrons. The molecule has 0 amide bonds. The second-order valence-electron chi connectivity index (χ2n) is 5.34. The monoisotopic (exact) mass is 296 g/mol. The fourth-order valence-electron chi connectivity index (χ4n) is 2.27. The molecule has 0 bridgehead atoms. The molecule has 0 saturated heterocycles. The van der Waals surface area contributed by atoms with Gasteiger partial charge in [0.05, 0.1) is 0 Å². The van der Waals surface area contributed by atoms with E-state index in [2.05, 4.69) is 42.3 Å². The van der Waals surface area contributed by atoms with E-state index in [1.165, 1.54) is 57.5 Å². The standard InChI is InChI=1S/C17H32N2S/c1-3-5-14-19(4-2)15-13-18-12-9-16-20-17-10-7-6-8-11-17/h6-7,10,18H,3-5,8-9,11-16H2,1-2H3. The van der Waals surface area contributed by atoms with Crippen LogP contribution in [0.2, 0.25) is 0 Å². The van der Waals surface area contributed by atoms with Crippen molar-refractivity contribution in [1.29, 1.82) is 0 Å². The maximum atomic E-state index is 3.58. The molecule has 0 unspecified atom stereocenters. The van der Waals surface area contributed by atoms with Crippen LogP contribution in [0.15, 0.2) is 23.1 Å². The van der Waals surface area contributed by atoms with Crippen molar-refractivity contribution in [2.45, 2.75) is 46.0 Å². The Morgan fingerprint density at radius 3 is 2.80 bits per heavy atom. The van der Waals surface area contributed by atoms with Gasteiger partial charge >= 0.3 is 0 Å². The predicted molar refractivity (Wildman–Crippen MR) is 93.4 cm³/mol. The van der Waals surface area contributed by atoms with Crippen LogP contribution in [0.25, 0.3) is 0 Å². The number of rotatable bonds is 12. The first kappa shape index (κ1) is 17.8. The molecule has 0 aromatic rings. The Kier molecular flexibility index (Phi) is 11.1. The van der Waals surface area contributed by atoms with E-state index in [0.717, 1.165) is 13.1 Å². The van der Waals surface area contributed by atoms with E-state index in [9.17, 15) is 0 Å². The molecule has 20 heavy (non-hydrogen) atoms. The first-order valence-corrected chi connectivity index (χ1v) is 9.27. The molecule has 1 aliphatic rings. The van der Waals surface area contributed by atoms with Crippen molar-refractivity contribution >= 4 is 11.8 Å². The maximum Gasteiger partial charge on any atom is 0.0107 e. The van der Waals surface area contributed by atoms with Gasteiger partial charge in [0.1, 0.15) is 0 Å². The summed E-state index contributed by atoms with van der Waals surface area (Å²) in [5.41, 5.74) is 0. The van der Waals surface area contributed by atoms with Crippen LogP contribution in [-0.2, 0) is 0 Å². The molecule has 0 saturated carbocycles. The van der Waals surface area contributed by atoms with Crippen molar-refractivity contribution in [3.63, 3.8) is 0 Å². The van der Waals surface area contributed by atoms with E-state index in [0.29, 0.717) is 0 Å². The molecule has 1 rings (SSSR count). The van der Waals surface area contributed by atoms with E-state index in [4.69, 9.17) is 0 Å². The fourth-order valence-corrected chi connectivity index (χ4v) is 3.26. The Morgan fingerprint density at radius 2 is 2.10 bits per heavy atom. The van der Waals surface area contributed by atoms with Crippen molar-refractivity contribution in [1.82, 2.24) is 10.2 Å². The molecule has 0 aromatic heterocycles. The number of nitrogens with zero attached hydrogens (tertiary/aromatic N) is 1. The number of unbranched alkanes of at least 4 members (excludes halogenated alkanes) is 1. The Morgan fingerprint density at radius 1 is 1.20 bits per heavy atom. The van der Waals surface area contributed by atoms with Gasteiger partial charge in [0.15, 0.2) is 0 Å². The molecular weight excluding hydrogens is 264 g/mol. The van der Waals surface area contributed by atoms with Gasteiger partial charge in [-0.2, -0.15) is 0 Å². The van der Waals surface area contributed by atoms with Gasteiger partial charge in [-0.1, -0.05) is 38.5 Å². The third-order valence-corrected chi connectivity index (χ3v) is 4.84. The Hall–Kier alpha value is -0.250. The third-order valence-electron chi connectivity index (χ3n) is 3.64. The quantitative estimate of drug-likeness (QED) is 0.547. The van der Waals surface area contributed by atoms with Crippen LogP contribution in [0.5, 0.6) is 0 Å². The van der Waals surface area contributed by atoms with Gasteiger partial charge < -0.3 is 10.2 Å². The number of thioether (sulfide) groups is 1. The zero-order chi connectivity index (χ0) is 14.5. The van der Waals surface area contributed by atoms with Crippen molar-refractivity contribution in [3.8, 4) is 0 Å². The molecule has 0 atom stereocenters. The summed E-state index contributed by atoms with van der Waals surface area (Å²) in [6.45, 7) is 10.4. The maximum absolute atomic E-state index is 3.58. The van der Waals surface area contributed by atoms with Crippen molar-refractivity contribution in [2.24, 2.45) is 0 Å². The summed E-state index contributed by atoms with van der Waals surface area (Å²) >= 11 is 2.04. The van der Waals surface area contributed by atoms with Crippen molar-refractivity contribution in [3.05, 3.63) is 23.1 Å². The van der Waals surface area contributed by atoms with Gasteiger partial charge in [-0.3, -0.25) is 0 Å². The van der Waals surface area contributed by atoms with Crippen molar-refractivity contribution < 1.29 is 0 Å². The second kappa shape index (κ2) is 12.5. The van der Waals surface area contributed by atoms with Crippen LogP contribution in [0.3, 0.4) is 0 Å². The average Bonchev–Trinajstić information content (AvgIpc) is 2.50. The summed E-state index contributed by atoms with van der Waals surface area (Å²) < 4.78 is 0. The molecular formula is C17H32N2S. The van der Waals surface area contributed by atoms with Crippen LogP contribution in [0.4, 0.5) is 0 Å². The highest BCUT2D eigenvalue weighted by molar-refractivity contribution is 8.03. The van der Waals surface area contributed by atoms with Gasteiger partial charge in [-0.15, -0.1) is 11.8 Å². The van der Waals surface area contributed by atoms with Crippen LogP contribution >= 0.6 is 11.8 Å². The SMILES string of the molecule is CCCCN(CC)CCNCCCSC1=CC=CCC1. The first-order valence-electron chi connectivity index (χ1n) is 8.28. The summed E-state index contributed by atoms with van der Waals surface area (Å²) in [5, 5.41) is 3.58. The van der Waals surface area contributed by atoms with Gasteiger partial charge in [-0.25, -0.2) is 0 Å². The largest absolute Gasteiger partial charge is 0.315 e. The molecule has 2 nitrogen and oxygen atoms in total. The van der Waals surface area contributed by atoms with Crippen molar-refractivity contribution in [2.75, 3.05) is 38.5 Å². The summed E-state index contributed by atoms with van der Waals surface area (Å²) in [7, 11) is 0. The van der Waals surface area contributed by atoms with Gasteiger partial charge in [-0.05, 0) is 56.0 Å². The molecule has 116 valence electrons. The number of hydrogen-bond donors (Lipinski definition) is 1. The molecule has 1 aliphatic carbocycles. The predicted octanol–water partition coefficient (Wildman–Crippen LogP) is 4.06. The highest BCUT2D eigenvalue weighted by Crippen LogP contribution is 2.24. The Balaban J connectivity index is 1.91. The van der Waals surface area contributed by atoms with Crippen LogP contribution in [0, 0.1) is 0 Å². The molecule has 1 N–H and O–H groups in total. The molecule has 0 aromatic carbocycles. The average molecular weight is 297 g/mol. The second-order valence-corrected chi connectivity index (χ2v) is 6.56. The zero-order valence-electron chi connectivity index (χ0n) is 13.4. The Bertz CT molecular complexity index is 287. The highest BCUT2D eigenvalue weighted by Gasteiger charge is 2.01. The molecule has 0 aliphatic heterocycles. The highest BCUT2D eigenvalue weighted by atomic mass is 32.2. The minimum atomic E-state index is 1.13.